The number of sulfonamides is 1. The Morgan fingerprint density at radius 3 is 2.21 bits per heavy atom. The number of Topliss-reactive ketones (excluding diaryl/α,β-unsaturated/α-hetero) is 1. The minimum atomic E-state index is -3.51. The molecule has 1 amide bonds. The second-order valence-electron chi connectivity index (χ2n) is 6.78. The van der Waals surface area contributed by atoms with E-state index in [1.807, 2.05) is 17.5 Å². The van der Waals surface area contributed by atoms with Crippen LogP contribution in [0.1, 0.15) is 20.0 Å². The van der Waals surface area contributed by atoms with Gasteiger partial charge in [0.2, 0.25) is 10.0 Å². The molecule has 2 heterocycles. The summed E-state index contributed by atoms with van der Waals surface area (Å²) in [5.41, 5.74) is 0.459. The highest BCUT2D eigenvalue weighted by atomic mass is 32.2. The maximum atomic E-state index is 12.7. The van der Waals surface area contributed by atoms with E-state index in [0.717, 1.165) is 9.18 Å². The summed E-state index contributed by atoms with van der Waals surface area (Å²) in [6, 6.07) is 9.70. The van der Waals surface area contributed by atoms with Crippen LogP contribution in [0.3, 0.4) is 0 Å². The van der Waals surface area contributed by atoms with E-state index >= 15 is 0 Å². The Balaban J connectivity index is 1.57. The Hall–Kier alpha value is -2.07. The topological polar surface area (TPSA) is 78.0 Å². The first-order valence-electron chi connectivity index (χ1n) is 8.90. The molecule has 2 aromatic rings. The maximum absolute atomic E-state index is 12.7. The van der Waals surface area contributed by atoms with E-state index in [1.165, 1.54) is 37.6 Å². The molecule has 28 heavy (non-hydrogen) atoms. The molecule has 0 bridgehead atoms. The van der Waals surface area contributed by atoms with Gasteiger partial charge in [-0.2, -0.15) is 0 Å². The standard InChI is InChI=1S/C19H23N3O4S2/c1-20(2)28(25,26)16-7-5-15(6-8-16)19(24)22-11-9-21(10-12-22)14-17(23)18-4-3-13-27-18/h3-8,13H,9-12,14H2,1-2H3. The second kappa shape index (κ2) is 8.52. The Morgan fingerprint density at radius 1 is 1.04 bits per heavy atom. The number of thiophene rings is 1. The number of piperazine rings is 1. The number of carbonyl (C=O) groups excluding carboxylic acids is 2. The average molecular weight is 422 g/mol. The summed E-state index contributed by atoms with van der Waals surface area (Å²) >= 11 is 1.44. The zero-order chi connectivity index (χ0) is 20.3. The van der Waals surface area contributed by atoms with Crippen molar-refractivity contribution >= 4 is 33.1 Å². The van der Waals surface area contributed by atoms with E-state index in [9.17, 15) is 18.0 Å². The molecule has 0 radical (unpaired) electrons. The van der Waals surface area contributed by atoms with Crippen LogP contribution in [0.4, 0.5) is 0 Å². The van der Waals surface area contributed by atoms with Crippen LogP contribution in [0.2, 0.25) is 0 Å². The first-order valence-corrected chi connectivity index (χ1v) is 11.2. The lowest BCUT2D eigenvalue weighted by Crippen LogP contribution is -2.49. The van der Waals surface area contributed by atoms with E-state index in [-0.39, 0.29) is 16.6 Å². The molecule has 1 aliphatic heterocycles. The fourth-order valence-electron chi connectivity index (χ4n) is 2.99. The summed E-state index contributed by atoms with van der Waals surface area (Å²) in [5, 5.41) is 1.89. The minimum absolute atomic E-state index is 0.104. The van der Waals surface area contributed by atoms with Gasteiger partial charge in [-0.3, -0.25) is 14.5 Å². The number of ketones is 1. The highest BCUT2D eigenvalue weighted by molar-refractivity contribution is 7.89. The van der Waals surface area contributed by atoms with Gasteiger partial charge < -0.3 is 4.90 Å². The number of hydrogen-bond acceptors (Lipinski definition) is 6. The van der Waals surface area contributed by atoms with Crippen LogP contribution < -0.4 is 0 Å². The van der Waals surface area contributed by atoms with Crippen molar-refractivity contribution in [2.45, 2.75) is 4.90 Å². The summed E-state index contributed by atoms with van der Waals surface area (Å²) in [4.78, 5) is 29.6. The van der Waals surface area contributed by atoms with Gasteiger partial charge in [-0.1, -0.05) is 6.07 Å². The van der Waals surface area contributed by atoms with Crippen molar-refractivity contribution in [3.8, 4) is 0 Å². The lowest BCUT2D eigenvalue weighted by atomic mass is 10.1. The van der Waals surface area contributed by atoms with E-state index in [4.69, 9.17) is 0 Å². The quantitative estimate of drug-likeness (QED) is 0.663. The van der Waals surface area contributed by atoms with Crippen molar-refractivity contribution in [3.63, 3.8) is 0 Å². The fraction of sp³-hybridized carbons (Fsp3) is 0.368. The molecule has 1 aromatic carbocycles. The van der Waals surface area contributed by atoms with Gasteiger partial charge in [0.25, 0.3) is 5.91 Å². The van der Waals surface area contributed by atoms with Crippen LogP contribution in [-0.2, 0) is 10.0 Å². The summed E-state index contributed by atoms with van der Waals surface area (Å²) in [6.45, 7) is 2.70. The van der Waals surface area contributed by atoms with Gasteiger partial charge in [-0.05, 0) is 35.7 Å². The van der Waals surface area contributed by atoms with Crippen molar-refractivity contribution < 1.29 is 18.0 Å². The smallest absolute Gasteiger partial charge is 0.253 e. The normalized spacial score (nSPS) is 15.8. The van der Waals surface area contributed by atoms with Crippen molar-refractivity contribution in [3.05, 3.63) is 52.2 Å². The van der Waals surface area contributed by atoms with Crippen LogP contribution in [0.25, 0.3) is 0 Å². The van der Waals surface area contributed by atoms with Gasteiger partial charge in [0.05, 0.1) is 16.3 Å². The lowest BCUT2D eigenvalue weighted by Gasteiger charge is -2.34. The molecule has 150 valence electrons. The molecule has 1 fully saturated rings. The molecule has 7 nitrogen and oxygen atoms in total. The van der Waals surface area contributed by atoms with Crippen LogP contribution >= 0.6 is 11.3 Å². The van der Waals surface area contributed by atoms with E-state index in [2.05, 4.69) is 4.90 Å². The number of rotatable bonds is 6. The summed E-state index contributed by atoms with van der Waals surface area (Å²) < 4.78 is 25.4. The number of hydrogen-bond donors (Lipinski definition) is 0. The van der Waals surface area contributed by atoms with E-state index in [1.54, 1.807) is 17.0 Å². The molecule has 0 N–H and O–H groups in total. The molecule has 1 aliphatic rings. The summed E-state index contributed by atoms with van der Waals surface area (Å²) in [6.07, 6.45) is 0. The van der Waals surface area contributed by atoms with Gasteiger partial charge in [0.1, 0.15) is 0 Å². The van der Waals surface area contributed by atoms with Crippen LogP contribution in [0.5, 0.6) is 0 Å². The third-order valence-corrected chi connectivity index (χ3v) is 7.44. The lowest BCUT2D eigenvalue weighted by molar-refractivity contribution is 0.0625. The predicted molar refractivity (Wildman–Crippen MR) is 108 cm³/mol. The van der Waals surface area contributed by atoms with E-state index < -0.39 is 10.0 Å². The molecular formula is C19H23N3O4S2. The minimum Gasteiger partial charge on any atom is -0.336 e. The second-order valence-corrected chi connectivity index (χ2v) is 9.88. The Kier molecular flexibility index (Phi) is 6.29. The molecule has 0 saturated carbocycles. The van der Waals surface area contributed by atoms with Crippen molar-refractivity contribution in [1.82, 2.24) is 14.1 Å². The highest BCUT2D eigenvalue weighted by Crippen LogP contribution is 2.16. The predicted octanol–water partition coefficient (Wildman–Crippen LogP) is 1.64. The molecule has 0 aliphatic carbocycles. The summed E-state index contributed by atoms with van der Waals surface area (Å²) in [5.74, 6) is -0.0227. The summed E-state index contributed by atoms with van der Waals surface area (Å²) in [7, 11) is -0.572. The monoisotopic (exact) mass is 421 g/mol. The van der Waals surface area contributed by atoms with Crippen molar-refractivity contribution in [2.24, 2.45) is 0 Å². The number of carbonyl (C=O) groups is 2. The number of nitrogens with zero attached hydrogens (tertiary/aromatic N) is 3. The van der Waals surface area contributed by atoms with Gasteiger partial charge in [-0.15, -0.1) is 11.3 Å². The zero-order valence-electron chi connectivity index (χ0n) is 15.9. The molecule has 0 atom stereocenters. The third kappa shape index (κ3) is 4.49. The van der Waals surface area contributed by atoms with Gasteiger partial charge in [-0.25, -0.2) is 12.7 Å². The van der Waals surface area contributed by atoms with Crippen molar-refractivity contribution in [1.29, 1.82) is 0 Å². The van der Waals surface area contributed by atoms with Gasteiger partial charge in [0, 0.05) is 45.8 Å². The molecule has 1 aromatic heterocycles. The highest BCUT2D eigenvalue weighted by Gasteiger charge is 2.24. The Morgan fingerprint density at radius 2 is 1.68 bits per heavy atom. The maximum Gasteiger partial charge on any atom is 0.253 e. The Labute approximate surface area is 169 Å². The first kappa shape index (κ1) is 20.7. The molecular weight excluding hydrogens is 398 g/mol. The third-order valence-electron chi connectivity index (χ3n) is 4.70. The molecule has 1 saturated heterocycles. The SMILES string of the molecule is CN(C)S(=O)(=O)c1ccc(C(=O)N2CCN(CC(=O)c3cccs3)CC2)cc1. The zero-order valence-corrected chi connectivity index (χ0v) is 17.5. The average Bonchev–Trinajstić information content (AvgIpc) is 3.23. The Bertz CT molecular complexity index is 930. The molecule has 0 spiro atoms. The number of amides is 1. The molecule has 3 rings (SSSR count). The van der Waals surface area contributed by atoms with Gasteiger partial charge in [0.15, 0.2) is 5.78 Å². The van der Waals surface area contributed by atoms with Crippen LogP contribution in [-0.4, -0.2) is 81.0 Å². The van der Waals surface area contributed by atoms with Crippen LogP contribution in [0.15, 0.2) is 46.7 Å². The largest absolute Gasteiger partial charge is 0.336 e. The number of benzene rings is 1. The van der Waals surface area contributed by atoms with E-state index in [0.29, 0.717) is 38.3 Å². The first-order chi connectivity index (χ1) is 13.3. The molecule has 9 heteroatoms. The molecule has 0 unspecified atom stereocenters. The fourth-order valence-corrected chi connectivity index (χ4v) is 4.55. The van der Waals surface area contributed by atoms with Crippen LogP contribution in [0, 0.1) is 0 Å². The van der Waals surface area contributed by atoms with Gasteiger partial charge >= 0.3 is 0 Å². The van der Waals surface area contributed by atoms with Crippen molar-refractivity contribution in [2.75, 3.05) is 46.8 Å².